The number of ether oxygens (including phenoxy) is 1. The molecule has 1 aromatic rings. The third kappa shape index (κ3) is 3.05. The highest BCUT2D eigenvalue weighted by Gasteiger charge is 2.35. The second-order valence-electron chi connectivity index (χ2n) is 6.79. The number of halogens is 1. The molecule has 1 unspecified atom stereocenters. The lowest BCUT2D eigenvalue weighted by Crippen LogP contribution is -2.49. The second kappa shape index (κ2) is 6.15. The van der Waals surface area contributed by atoms with Crippen molar-refractivity contribution in [3.63, 3.8) is 0 Å². The predicted octanol–water partition coefficient (Wildman–Crippen LogP) is 3.62. The molecule has 3 rings (SSSR count). The summed E-state index contributed by atoms with van der Waals surface area (Å²) in [4.78, 5) is 0. The fourth-order valence-electron chi connectivity index (χ4n) is 3.93. The maximum Gasteiger partial charge on any atom is 0.125 e. The minimum atomic E-state index is 0.265. The lowest BCUT2D eigenvalue weighted by molar-refractivity contribution is 0.143. The molecule has 1 aliphatic heterocycles. The molecule has 0 amide bonds. The van der Waals surface area contributed by atoms with Gasteiger partial charge >= 0.3 is 0 Å². The number of rotatable bonds is 4. The van der Waals surface area contributed by atoms with Crippen molar-refractivity contribution >= 4 is 11.6 Å². The summed E-state index contributed by atoms with van der Waals surface area (Å²) in [7, 11) is 0. The van der Waals surface area contributed by atoms with Crippen molar-refractivity contribution < 1.29 is 4.74 Å². The van der Waals surface area contributed by atoms with Crippen LogP contribution < -0.4 is 16.0 Å². The van der Waals surface area contributed by atoms with E-state index in [4.69, 9.17) is 22.2 Å². The standard InChI is InChI=1S/C17H25ClN2O/c1-17(6-3-2-4-7-17)15(20-19)11-13-10-14(18)9-12-5-8-21-16(12)13/h9-10,15,20H,2-8,11,19H2,1H3. The molecule has 1 saturated carbocycles. The van der Waals surface area contributed by atoms with Gasteiger partial charge in [-0.25, -0.2) is 0 Å². The Balaban J connectivity index is 1.84. The van der Waals surface area contributed by atoms with Gasteiger partial charge in [0, 0.05) is 17.5 Å². The van der Waals surface area contributed by atoms with Gasteiger partial charge in [0.15, 0.2) is 0 Å². The third-order valence-corrected chi connectivity index (χ3v) is 5.51. The number of benzene rings is 1. The zero-order valence-corrected chi connectivity index (χ0v) is 13.5. The molecule has 1 aliphatic carbocycles. The van der Waals surface area contributed by atoms with E-state index in [1.807, 2.05) is 12.1 Å². The SMILES string of the molecule is CC1(C(Cc2cc(Cl)cc3c2OCC3)NN)CCCCC1. The Bertz CT molecular complexity index is 512. The Hall–Kier alpha value is -0.770. The van der Waals surface area contributed by atoms with E-state index in [1.165, 1.54) is 43.2 Å². The molecule has 0 aromatic heterocycles. The van der Waals surface area contributed by atoms with Crippen molar-refractivity contribution in [3.8, 4) is 5.75 Å². The van der Waals surface area contributed by atoms with Crippen molar-refractivity contribution in [2.24, 2.45) is 11.3 Å². The van der Waals surface area contributed by atoms with Gasteiger partial charge in [-0.3, -0.25) is 11.3 Å². The van der Waals surface area contributed by atoms with Gasteiger partial charge < -0.3 is 4.74 Å². The van der Waals surface area contributed by atoms with Crippen LogP contribution in [-0.4, -0.2) is 12.6 Å². The molecule has 0 radical (unpaired) electrons. The molecule has 2 aliphatic rings. The average molecular weight is 309 g/mol. The van der Waals surface area contributed by atoms with Crippen LogP contribution in [0.4, 0.5) is 0 Å². The van der Waals surface area contributed by atoms with Crippen LogP contribution in [0.2, 0.25) is 5.02 Å². The van der Waals surface area contributed by atoms with E-state index in [9.17, 15) is 0 Å². The highest BCUT2D eigenvalue weighted by Crippen LogP contribution is 2.41. The number of hydrogen-bond donors (Lipinski definition) is 2. The summed E-state index contributed by atoms with van der Waals surface area (Å²) in [6.45, 7) is 3.13. The number of nitrogens with two attached hydrogens (primary N) is 1. The Morgan fingerprint density at radius 1 is 1.33 bits per heavy atom. The fourth-order valence-corrected chi connectivity index (χ4v) is 4.20. The normalized spacial score (nSPS) is 21.7. The molecule has 1 heterocycles. The maximum atomic E-state index is 6.27. The molecule has 1 aromatic carbocycles. The van der Waals surface area contributed by atoms with Gasteiger partial charge in [-0.2, -0.15) is 0 Å². The number of hydrazine groups is 1. The first kappa shape index (κ1) is 15.1. The summed E-state index contributed by atoms with van der Waals surface area (Å²) >= 11 is 6.27. The highest BCUT2D eigenvalue weighted by atomic mass is 35.5. The zero-order chi connectivity index (χ0) is 14.9. The van der Waals surface area contributed by atoms with Crippen LogP contribution in [0.1, 0.15) is 50.2 Å². The Kier molecular flexibility index (Phi) is 4.43. The molecule has 0 saturated heterocycles. The summed E-state index contributed by atoms with van der Waals surface area (Å²) < 4.78 is 5.82. The predicted molar refractivity (Wildman–Crippen MR) is 86.7 cm³/mol. The van der Waals surface area contributed by atoms with Crippen LogP contribution in [0.5, 0.6) is 5.75 Å². The molecule has 0 spiro atoms. The average Bonchev–Trinajstić information content (AvgIpc) is 2.93. The molecule has 1 atom stereocenters. The van der Waals surface area contributed by atoms with E-state index in [2.05, 4.69) is 12.3 Å². The van der Waals surface area contributed by atoms with Crippen LogP contribution in [0.25, 0.3) is 0 Å². The molecule has 116 valence electrons. The number of hydrogen-bond acceptors (Lipinski definition) is 3. The molecule has 3 nitrogen and oxygen atoms in total. The van der Waals surface area contributed by atoms with Gasteiger partial charge in [-0.1, -0.05) is 37.8 Å². The summed E-state index contributed by atoms with van der Waals surface area (Å²) in [6, 6.07) is 4.34. The molecule has 4 heteroatoms. The molecule has 1 fully saturated rings. The van der Waals surface area contributed by atoms with E-state index in [1.54, 1.807) is 0 Å². The largest absolute Gasteiger partial charge is 0.493 e. The summed E-state index contributed by atoms with van der Waals surface area (Å²) in [5.74, 6) is 6.94. The van der Waals surface area contributed by atoms with Crippen molar-refractivity contribution in [3.05, 3.63) is 28.3 Å². The van der Waals surface area contributed by atoms with Crippen molar-refractivity contribution in [2.75, 3.05) is 6.61 Å². The fraction of sp³-hybridized carbons (Fsp3) is 0.647. The van der Waals surface area contributed by atoms with E-state index < -0.39 is 0 Å². The van der Waals surface area contributed by atoms with E-state index >= 15 is 0 Å². The van der Waals surface area contributed by atoms with Crippen LogP contribution in [0, 0.1) is 5.41 Å². The quantitative estimate of drug-likeness (QED) is 0.660. The zero-order valence-electron chi connectivity index (χ0n) is 12.8. The topological polar surface area (TPSA) is 47.3 Å². The van der Waals surface area contributed by atoms with Crippen LogP contribution in [0.3, 0.4) is 0 Å². The van der Waals surface area contributed by atoms with Gasteiger partial charge in [0.05, 0.1) is 6.61 Å². The monoisotopic (exact) mass is 308 g/mol. The van der Waals surface area contributed by atoms with Crippen molar-refractivity contribution in [1.29, 1.82) is 0 Å². The Morgan fingerprint density at radius 2 is 2.10 bits per heavy atom. The molecule has 21 heavy (non-hydrogen) atoms. The van der Waals surface area contributed by atoms with E-state index in [0.29, 0.717) is 0 Å². The summed E-state index contributed by atoms with van der Waals surface area (Å²) in [5, 5.41) is 0.804. The maximum absolute atomic E-state index is 6.27. The highest BCUT2D eigenvalue weighted by molar-refractivity contribution is 6.30. The first-order valence-electron chi connectivity index (χ1n) is 8.02. The van der Waals surface area contributed by atoms with Gasteiger partial charge in [0.1, 0.15) is 5.75 Å². The Labute approximate surface area is 132 Å². The first-order valence-corrected chi connectivity index (χ1v) is 8.40. The number of nitrogens with one attached hydrogen (secondary N) is 1. The number of fused-ring (bicyclic) bond motifs is 1. The lowest BCUT2D eigenvalue weighted by atomic mass is 9.69. The van der Waals surface area contributed by atoms with Crippen LogP contribution in [0.15, 0.2) is 12.1 Å². The first-order chi connectivity index (χ1) is 10.1. The third-order valence-electron chi connectivity index (χ3n) is 5.29. The minimum Gasteiger partial charge on any atom is -0.493 e. The van der Waals surface area contributed by atoms with Gasteiger partial charge in [-0.05, 0) is 47.9 Å². The molecule has 0 bridgehead atoms. The molecular weight excluding hydrogens is 284 g/mol. The van der Waals surface area contributed by atoms with Gasteiger partial charge in [-0.15, -0.1) is 0 Å². The van der Waals surface area contributed by atoms with E-state index in [0.717, 1.165) is 30.2 Å². The minimum absolute atomic E-state index is 0.265. The van der Waals surface area contributed by atoms with Crippen LogP contribution in [-0.2, 0) is 12.8 Å². The second-order valence-corrected chi connectivity index (χ2v) is 7.23. The van der Waals surface area contributed by atoms with Crippen LogP contribution >= 0.6 is 11.6 Å². The van der Waals surface area contributed by atoms with Crippen molar-refractivity contribution in [2.45, 2.75) is 57.9 Å². The lowest BCUT2D eigenvalue weighted by Gasteiger charge is -2.40. The molecular formula is C17H25ClN2O. The van der Waals surface area contributed by atoms with Crippen molar-refractivity contribution in [1.82, 2.24) is 5.43 Å². The smallest absolute Gasteiger partial charge is 0.125 e. The summed E-state index contributed by atoms with van der Waals surface area (Å²) in [6.07, 6.45) is 8.29. The van der Waals surface area contributed by atoms with E-state index in [-0.39, 0.29) is 11.5 Å². The van der Waals surface area contributed by atoms with Gasteiger partial charge in [0.25, 0.3) is 0 Å². The molecule has 3 N–H and O–H groups in total. The summed E-state index contributed by atoms with van der Waals surface area (Å²) in [5.41, 5.74) is 5.77. The van der Waals surface area contributed by atoms with Gasteiger partial charge in [0.2, 0.25) is 0 Å². The Morgan fingerprint density at radius 3 is 2.81 bits per heavy atom.